The first-order valence-corrected chi connectivity index (χ1v) is 8.11. The van der Waals surface area contributed by atoms with Gasteiger partial charge in [0, 0.05) is 28.7 Å². The zero-order valence-corrected chi connectivity index (χ0v) is 14.8. The van der Waals surface area contributed by atoms with E-state index < -0.39 is 11.7 Å². The van der Waals surface area contributed by atoms with Crippen LogP contribution in [0.1, 0.15) is 5.56 Å². The molecule has 0 unspecified atom stereocenters. The number of alkyl halides is 3. The van der Waals surface area contributed by atoms with E-state index in [2.05, 4.69) is 20.6 Å². The van der Waals surface area contributed by atoms with Crippen molar-refractivity contribution < 1.29 is 17.9 Å². The molecule has 0 fully saturated rings. The van der Waals surface area contributed by atoms with Gasteiger partial charge in [0.15, 0.2) is 0 Å². The topological polar surface area (TPSA) is 59.1 Å². The predicted molar refractivity (Wildman–Crippen MR) is 98.0 cm³/mol. The maximum atomic E-state index is 13.3. The van der Waals surface area contributed by atoms with E-state index in [1.165, 1.54) is 7.11 Å². The van der Waals surface area contributed by atoms with Crippen LogP contribution in [0.5, 0.6) is 5.75 Å². The molecule has 0 spiro atoms. The molecule has 0 aliphatic rings. The Hall–Kier alpha value is -3.00. The fraction of sp³-hybridized carbons (Fsp3) is 0.111. The molecule has 1 heterocycles. The third kappa shape index (κ3) is 4.79. The highest BCUT2D eigenvalue weighted by atomic mass is 35.5. The first-order chi connectivity index (χ1) is 12.8. The molecular weight excluding hydrogens is 381 g/mol. The van der Waals surface area contributed by atoms with Crippen molar-refractivity contribution >= 4 is 34.7 Å². The summed E-state index contributed by atoms with van der Waals surface area (Å²) in [4.78, 5) is 7.74. The van der Waals surface area contributed by atoms with Crippen LogP contribution in [0.3, 0.4) is 0 Å². The Morgan fingerprint density at radius 1 is 1.00 bits per heavy atom. The number of nitrogens with zero attached hydrogens (tertiary/aromatic N) is 2. The lowest BCUT2D eigenvalue weighted by Crippen LogP contribution is -2.12. The Balaban J connectivity index is 1.94. The van der Waals surface area contributed by atoms with Gasteiger partial charge in [-0.3, -0.25) is 0 Å². The second kappa shape index (κ2) is 7.71. The summed E-state index contributed by atoms with van der Waals surface area (Å²) in [6.07, 6.45) is -3.88. The number of anilines is 4. The van der Waals surface area contributed by atoms with E-state index in [1.54, 1.807) is 48.5 Å². The van der Waals surface area contributed by atoms with Crippen LogP contribution in [0.15, 0.2) is 54.7 Å². The molecule has 9 heteroatoms. The number of halogens is 4. The van der Waals surface area contributed by atoms with E-state index in [-0.39, 0.29) is 11.8 Å². The molecule has 27 heavy (non-hydrogen) atoms. The van der Waals surface area contributed by atoms with Gasteiger partial charge in [-0.15, -0.1) is 0 Å². The van der Waals surface area contributed by atoms with Crippen LogP contribution in [0.2, 0.25) is 5.02 Å². The summed E-state index contributed by atoms with van der Waals surface area (Å²) in [5.74, 6) is 0.139. The number of hydrogen-bond acceptors (Lipinski definition) is 5. The van der Waals surface area contributed by atoms with E-state index in [0.717, 1.165) is 6.20 Å². The average molecular weight is 395 g/mol. The van der Waals surface area contributed by atoms with Gasteiger partial charge in [0.1, 0.15) is 17.1 Å². The van der Waals surface area contributed by atoms with E-state index in [4.69, 9.17) is 16.3 Å². The molecule has 0 saturated heterocycles. The van der Waals surface area contributed by atoms with Crippen molar-refractivity contribution in [2.75, 3.05) is 17.7 Å². The quantitative estimate of drug-likeness (QED) is 0.586. The fourth-order valence-electron chi connectivity index (χ4n) is 2.24. The van der Waals surface area contributed by atoms with Crippen molar-refractivity contribution in [1.29, 1.82) is 0 Å². The van der Waals surface area contributed by atoms with Gasteiger partial charge in [-0.2, -0.15) is 18.2 Å². The molecule has 0 saturated carbocycles. The highest BCUT2D eigenvalue weighted by molar-refractivity contribution is 6.30. The molecule has 2 aromatic carbocycles. The molecule has 3 aromatic rings. The van der Waals surface area contributed by atoms with Gasteiger partial charge in [-0.1, -0.05) is 17.7 Å². The van der Waals surface area contributed by atoms with E-state index in [9.17, 15) is 13.2 Å². The minimum atomic E-state index is -4.61. The second-order valence-corrected chi connectivity index (χ2v) is 5.88. The van der Waals surface area contributed by atoms with Crippen LogP contribution in [0, 0.1) is 0 Å². The SMILES string of the molecule is COc1cccc(Nc2nc(Nc3ccc(Cl)cc3)ncc2C(F)(F)F)c1. The number of benzene rings is 2. The van der Waals surface area contributed by atoms with E-state index in [0.29, 0.717) is 22.1 Å². The van der Waals surface area contributed by atoms with Gasteiger partial charge >= 0.3 is 6.18 Å². The number of methoxy groups -OCH3 is 1. The number of ether oxygens (including phenoxy) is 1. The van der Waals surface area contributed by atoms with Gasteiger partial charge in [-0.25, -0.2) is 4.98 Å². The summed E-state index contributed by atoms with van der Waals surface area (Å²) in [5.41, 5.74) is 0.00876. The Kier molecular flexibility index (Phi) is 5.36. The Morgan fingerprint density at radius 3 is 2.41 bits per heavy atom. The third-order valence-corrected chi connectivity index (χ3v) is 3.78. The molecule has 0 aliphatic carbocycles. The maximum absolute atomic E-state index is 13.3. The highest BCUT2D eigenvalue weighted by Gasteiger charge is 2.35. The van der Waals surface area contributed by atoms with Gasteiger partial charge in [0.05, 0.1) is 7.11 Å². The number of rotatable bonds is 5. The summed E-state index contributed by atoms with van der Waals surface area (Å²) < 4.78 is 45.0. The zero-order chi connectivity index (χ0) is 19.4. The highest BCUT2D eigenvalue weighted by Crippen LogP contribution is 2.35. The summed E-state index contributed by atoms with van der Waals surface area (Å²) in [5, 5.41) is 6.06. The summed E-state index contributed by atoms with van der Waals surface area (Å²) in [7, 11) is 1.47. The molecule has 0 atom stereocenters. The molecule has 0 bridgehead atoms. The normalized spacial score (nSPS) is 11.1. The minimum Gasteiger partial charge on any atom is -0.497 e. The molecular formula is C18H14ClF3N4O. The Labute approximate surface area is 158 Å². The van der Waals surface area contributed by atoms with Gasteiger partial charge in [0.25, 0.3) is 0 Å². The monoisotopic (exact) mass is 394 g/mol. The molecule has 3 rings (SSSR count). The Morgan fingerprint density at radius 2 is 1.74 bits per heavy atom. The van der Waals surface area contributed by atoms with E-state index >= 15 is 0 Å². The smallest absolute Gasteiger partial charge is 0.421 e. The van der Waals surface area contributed by atoms with Crippen molar-refractivity contribution in [3.63, 3.8) is 0 Å². The number of hydrogen-bond donors (Lipinski definition) is 2. The van der Waals surface area contributed by atoms with Crippen LogP contribution in [0.4, 0.5) is 36.3 Å². The van der Waals surface area contributed by atoms with Crippen molar-refractivity contribution in [2.24, 2.45) is 0 Å². The maximum Gasteiger partial charge on any atom is 0.421 e. The van der Waals surface area contributed by atoms with Gasteiger partial charge in [0.2, 0.25) is 5.95 Å². The zero-order valence-electron chi connectivity index (χ0n) is 14.0. The fourth-order valence-corrected chi connectivity index (χ4v) is 2.37. The van der Waals surface area contributed by atoms with Crippen molar-refractivity contribution in [3.05, 3.63) is 65.3 Å². The van der Waals surface area contributed by atoms with Crippen LogP contribution >= 0.6 is 11.6 Å². The minimum absolute atomic E-state index is 0.00992. The largest absolute Gasteiger partial charge is 0.497 e. The Bertz CT molecular complexity index is 933. The lowest BCUT2D eigenvalue weighted by Gasteiger charge is -2.15. The van der Waals surface area contributed by atoms with Gasteiger partial charge < -0.3 is 15.4 Å². The van der Waals surface area contributed by atoms with Crippen molar-refractivity contribution in [1.82, 2.24) is 9.97 Å². The summed E-state index contributed by atoms with van der Waals surface area (Å²) in [6.45, 7) is 0. The first-order valence-electron chi connectivity index (χ1n) is 7.73. The summed E-state index contributed by atoms with van der Waals surface area (Å²) in [6, 6.07) is 13.1. The molecule has 0 aliphatic heterocycles. The lowest BCUT2D eigenvalue weighted by atomic mass is 10.2. The van der Waals surface area contributed by atoms with Crippen molar-refractivity contribution in [3.8, 4) is 5.75 Å². The molecule has 0 radical (unpaired) electrons. The molecule has 140 valence electrons. The van der Waals surface area contributed by atoms with Crippen LogP contribution in [0.25, 0.3) is 0 Å². The van der Waals surface area contributed by atoms with Gasteiger partial charge in [-0.05, 0) is 36.4 Å². The van der Waals surface area contributed by atoms with Crippen LogP contribution in [-0.2, 0) is 6.18 Å². The first kappa shape index (κ1) is 18.8. The van der Waals surface area contributed by atoms with Crippen LogP contribution < -0.4 is 15.4 Å². The predicted octanol–water partition coefficient (Wildman–Crippen LogP) is 5.64. The third-order valence-electron chi connectivity index (χ3n) is 3.53. The number of nitrogens with one attached hydrogen (secondary N) is 2. The molecule has 0 amide bonds. The number of aromatic nitrogens is 2. The lowest BCUT2D eigenvalue weighted by molar-refractivity contribution is -0.137. The van der Waals surface area contributed by atoms with Crippen LogP contribution in [-0.4, -0.2) is 17.1 Å². The standard InChI is InChI=1S/C18H14ClF3N4O/c1-27-14-4-2-3-13(9-14)24-16-15(18(20,21)22)10-23-17(26-16)25-12-7-5-11(19)6-8-12/h2-10H,1H3,(H2,23,24,25,26). The second-order valence-electron chi connectivity index (χ2n) is 5.44. The summed E-state index contributed by atoms with van der Waals surface area (Å²) >= 11 is 5.82. The molecule has 5 nitrogen and oxygen atoms in total. The van der Waals surface area contributed by atoms with E-state index in [1.807, 2.05) is 0 Å². The average Bonchev–Trinajstić information content (AvgIpc) is 2.63. The molecule has 1 aromatic heterocycles. The molecule has 2 N–H and O–H groups in total. The van der Waals surface area contributed by atoms with Crippen molar-refractivity contribution in [2.45, 2.75) is 6.18 Å².